The number of carbonyl (C=O) groups excluding carboxylic acids is 2. The summed E-state index contributed by atoms with van der Waals surface area (Å²) in [6.45, 7) is 6.06. The van der Waals surface area contributed by atoms with Crippen LogP contribution in [0.3, 0.4) is 0 Å². The quantitative estimate of drug-likeness (QED) is 0.176. The fourth-order valence-corrected chi connectivity index (χ4v) is 9.50. The van der Waals surface area contributed by atoms with Crippen LogP contribution in [0.2, 0.25) is 0 Å². The van der Waals surface area contributed by atoms with Crippen molar-refractivity contribution in [3.8, 4) is 5.75 Å². The molecule has 2 amide bonds. The second-order valence-electron chi connectivity index (χ2n) is 16.1. The van der Waals surface area contributed by atoms with Crippen molar-refractivity contribution < 1.29 is 24.2 Å². The first-order valence-electron chi connectivity index (χ1n) is 19.8. The van der Waals surface area contributed by atoms with Crippen LogP contribution >= 0.6 is 0 Å². The second kappa shape index (κ2) is 14.9. The van der Waals surface area contributed by atoms with E-state index in [0.29, 0.717) is 36.3 Å². The minimum atomic E-state index is -0.510. The molecule has 4 saturated heterocycles. The SMILES string of the molecule is O=C1CCC(Nc2ccc(C3CCN(CC4COC5(CN(c6ccc([C@@H]7c8ccc(O)cc8CC[C@@H]7c7ccccc7)cc6)C5)OC4)CC3)cc2)C(=O)N1. The molecular weight excluding hydrogens is 677 g/mol. The molecule has 0 bridgehead atoms. The summed E-state index contributed by atoms with van der Waals surface area (Å²) in [5.74, 6) is 0.922. The highest BCUT2D eigenvalue weighted by molar-refractivity contribution is 6.01. The third-order valence-corrected chi connectivity index (χ3v) is 12.5. The number of phenolic OH excluding ortho intramolecular Hbond substituents is 1. The molecule has 9 rings (SSSR count). The largest absolute Gasteiger partial charge is 0.508 e. The number of carbonyl (C=O) groups is 2. The fourth-order valence-electron chi connectivity index (χ4n) is 9.50. The third kappa shape index (κ3) is 7.25. The number of ether oxygens (including phenoxy) is 2. The smallest absolute Gasteiger partial charge is 0.249 e. The minimum absolute atomic E-state index is 0.195. The van der Waals surface area contributed by atoms with Crippen molar-refractivity contribution in [2.45, 2.75) is 68.1 Å². The number of aromatic hydroxyl groups is 1. The van der Waals surface area contributed by atoms with Crippen molar-refractivity contribution in [1.29, 1.82) is 0 Å². The van der Waals surface area contributed by atoms with Crippen LogP contribution in [0.25, 0.3) is 0 Å². The average molecular weight is 727 g/mol. The van der Waals surface area contributed by atoms with Crippen molar-refractivity contribution in [2.24, 2.45) is 5.92 Å². The number of imide groups is 1. The van der Waals surface area contributed by atoms with E-state index in [1.807, 2.05) is 12.1 Å². The Morgan fingerprint density at radius 2 is 1.50 bits per heavy atom. The minimum Gasteiger partial charge on any atom is -0.508 e. The maximum atomic E-state index is 12.1. The summed E-state index contributed by atoms with van der Waals surface area (Å²) in [5, 5.41) is 15.9. The van der Waals surface area contributed by atoms with Gasteiger partial charge in [-0.25, -0.2) is 0 Å². The number of nitrogens with one attached hydrogen (secondary N) is 2. The lowest BCUT2D eigenvalue weighted by atomic mass is 9.69. The number of hydrogen-bond donors (Lipinski definition) is 3. The Balaban J connectivity index is 0.745. The average Bonchev–Trinajstić information content (AvgIpc) is 3.19. The van der Waals surface area contributed by atoms with Crippen molar-refractivity contribution in [1.82, 2.24) is 10.2 Å². The molecule has 280 valence electrons. The number of fused-ring (bicyclic) bond motifs is 1. The van der Waals surface area contributed by atoms with Crippen LogP contribution in [-0.4, -0.2) is 79.6 Å². The van der Waals surface area contributed by atoms with Crippen molar-refractivity contribution in [3.05, 3.63) is 125 Å². The number of likely N-dealkylation sites (tertiary alicyclic amines) is 1. The molecule has 5 aliphatic rings. The number of aryl methyl sites for hydroxylation is 1. The normalized spacial score (nSPS) is 24.8. The summed E-state index contributed by atoms with van der Waals surface area (Å²) in [4.78, 5) is 28.5. The van der Waals surface area contributed by atoms with Crippen molar-refractivity contribution in [2.75, 3.05) is 56.2 Å². The summed E-state index contributed by atoms with van der Waals surface area (Å²) in [6.07, 6.45) is 5.16. The van der Waals surface area contributed by atoms with Gasteiger partial charge in [0.2, 0.25) is 17.6 Å². The molecule has 4 heterocycles. The monoisotopic (exact) mass is 726 g/mol. The maximum absolute atomic E-state index is 12.1. The molecule has 9 nitrogen and oxygen atoms in total. The highest BCUT2D eigenvalue weighted by atomic mass is 16.7. The van der Waals surface area contributed by atoms with Crippen LogP contribution in [0.1, 0.15) is 77.7 Å². The van der Waals surface area contributed by atoms with Gasteiger partial charge in [-0.1, -0.05) is 60.7 Å². The van der Waals surface area contributed by atoms with Crippen LogP contribution in [0.5, 0.6) is 5.75 Å². The van der Waals surface area contributed by atoms with E-state index in [4.69, 9.17) is 9.47 Å². The summed E-state index contributed by atoms with van der Waals surface area (Å²) < 4.78 is 12.9. The lowest BCUT2D eigenvalue weighted by molar-refractivity contribution is -0.293. The Labute approximate surface area is 317 Å². The first-order chi connectivity index (χ1) is 26.4. The number of phenols is 1. The molecule has 0 aromatic heterocycles. The van der Waals surface area contributed by atoms with Gasteiger partial charge in [0.1, 0.15) is 11.8 Å². The zero-order chi connectivity index (χ0) is 36.6. The molecule has 4 aliphatic heterocycles. The Bertz CT molecular complexity index is 1940. The van der Waals surface area contributed by atoms with Gasteiger partial charge in [-0.2, -0.15) is 0 Å². The van der Waals surface area contributed by atoms with E-state index < -0.39 is 5.79 Å². The van der Waals surface area contributed by atoms with Crippen LogP contribution in [0.4, 0.5) is 11.4 Å². The highest BCUT2D eigenvalue weighted by Crippen LogP contribution is 2.47. The number of piperidine rings is 2. The molecule has 3 N–H and O–H groups in total. The van der Waals surface area contributed by atoms with Gasteiger partial charge >= 0.3 is 0 Å². The van der Waals surface area contributed by atoms with Gasteiger partial charge in [0, 0.05) is 36.2 Å². The lowest BCUT2D eigenvalue weighted by Gasteiger charge is -2.53. The van der Waals surface area contributed by atoms with E-state index in [-0.39, 0.29) is 23.8 Å². The number of nitrogens with zero attached hydrogens (tertiary/aromatic N) is 2. The molecule has 4 aromatic carbocycles. The van der Waals surface area contributed by atoms with Gasteiger partial charge in [-0.15, -0.1) is 0 Å². The van der Waals surface area contributed by atoms with E-state index in [0.717, 1.165) is 77.3 Å². The number of anilines is 2. The molecule has 3 atom stereocenters. The number of benzene rings is 4. The molecule has 1 unspecified atom stereocenters. The van der Waals surface area contributed by atoms with Crippen LogP contribution in [-0.2, 0) is 25.5 Å². The van der Waals surface area contributed by atoms with Gasteiger partial charge in [0.15, 0.2) is 0 Å². The maximum Gasteiger partial charge on any atom is 0.249 e. The molecule has 4 fully saturated rings. The summed E-state index contributed by atoms with van der Waals surface area (Å²) in [6, 6.07) is 34.0. The second-order valence-corrected chi connectivity index (χ2v) is 16.1. The first-order valence-corrected chi connectivity index (χ1v) is 19.8. The van der Waals surface area contributed by atoms with E-state index in [1.54, 1.807) is 0 Å². The zero-order valence-electron chi connectivity index (χ0n) is 30.8. The van der Waals surface area contributed by atoms with Crippen LogP contribution < -0.4 is 15.5 Å². The standard InChI is InChI=1S/C45H50N4O5/c50-38-15-17-40-35(24-38)10-16-39(33-4-2-1-3-5-33)43(40)34-8-13-37(14-9-34)49-28-45(29-49)53-26-30(27-54-45)25-48-22-20-32(21-23-48)31-6-11-36(12-7-31)46-41-18-19-42(51)47-44(41)52/h1-9,11-15,17,24,30,32,39,41,43,46,50H,10,16,18-23,25-29H2,(H,47,51,52)/t39-,41?,43+/m1/s1. The fraction of sp³-hybridized carbons (Fsp3) is 0.422. The molecule has 0 radical (unpaired) electrons. The highest BCUT2D eigenvalue weighted by Gasteiger charge is 2.49. The molecule has 1 spiro atoms. The van der Waals surface area contributed by atoms with E-state index in [2.05, 4.69) is 105 Å². The Kier molecular flexibility index (Phi) is 9.63. The molecule has 0 saturated carbocycles. The molecule has 1 aliphatic carbocycles. The van der Waals surface area contributed by atoms with Gasteiger partial charge in [-0.05, 0) is 121 Å². The van der Waals surface area contributed by atoms with E-state index in [1.165, 1.54) is 33.5 Å². The number of hydrogen-bond acceptors (Lipinski definition) is 8. The number of rotatable bonds is 8. The lowest BCUT2D eigenvalue weighted by Crippen LogP contribution is -2.67. The van der Waals surface area contributed by atoms with Gasteiger partial charge in [0.25, 0.3) is 0 Å². The predicted molar refractivity (Wildman–Crippen MR) is 209 cm³/mol. The van der Waals surface area contributed by atoms with Crippen LogP contribution in [0.15, 0.2) is 97.1 Å². The molecule has 54 heavy (non-hydrogen) atoms. The van der Waals surface area contributed by atoms with Gasteiger partial charge in [0.05, 0.1) is 26.3 Å². The predicted octanol–water partition coefficient (Wildman–Crippen LogP) is 6.53. The summed E-state index contributed by atoms with van der Waals surface area (Å²) in [5.41, 5.74) is 8.70. The van der Waals surface area contributed by atoms with Gasteiger partial charge < -0.3 is 29.7 Å². The third-order valence-electron chi connectivity index (χ3n) is 12.5. The molecular formula is C45H50N4O5. The topological polar surface area (TPSA) is 103 Å². The van der Waals surface area contributed by atoms with Gasteiger partial charge in [-0.3, -0.25) is 14.9 Å². The Hall–Kier alpha value is -4.70. The van der Waals surface area contributed by atoms with Crippen LogP contribution in [0, 0.1) is 5.92 Å². The Morgan fingerprint density at radius 1 is 0.778 bits per heavy atom. The summed E-state index contributed by atoms with van der Waals surface area (Å²) in [7, 11) is 0. The van der Waals surface area contributed by atoms with Crippen molar-refractivity contribution >= 4 is 23.2 Å². The Morgan fingerprint density at radius 3 is 2.22 bits per heavy atom. The molecule has 4 aromatic rings. The van der Waals surface area contributed by atoms with E-state index in [9.17, 15) is 14.7 Å². The molecule has 9 heteroatoms. The van der Waals surface area contributed by atoms with E-state index >= 15 is 0 Å². The number of amides is 2. The first kappa shape index (κ1) is 35.0. The zero-order valence-corrected chi connectivity index (χ0v) is 30.8. The summed E-state index contributed by atoms with van der Waals surface area (Å²) >= 11 is 0. The van der Waals surface area contributed by atoms with Crippen molar-refractivity contribution in [3.63, 3.8) is 0 Å².